The second-order valence-electron chi connectivity index (χ2n) is 3.34. The van der Waals surface area contributed by atoms with Gasteiger partial charge in [0.2, 0.25) is 5.95 Å². The van der Waals surface area contributed by atoms with E-state index in [1.165, 1.54) is 0 Å². The second-order valence-corrected chi connectivity index (χ2v) is 4.28. The number of aryl methyl sites for hydroxylation is 1. The van der Waals surface area contributed by atoms with Crippen molar-refractivity contribution < 1.29 is 9.90 Å². The lowest BCUT2D eigenvalue weighted by molar-refractivity contribution is -0.133. The standard InChI is InChI=1S/C8H11N7O2S/c9-7-11-12-8(18-5-6(16)17)15(7)4-3-14-2-1-10-13-14/h1-2H,3-5H2,(H2,9,11)(H,16,17). The molecule has 0 atom stereocenters. The van der Waals surface area contributed by atoms with Crippen LogP contribution in [0.4, 0.5) is 5.95 Å². The number of thioether (sulfide) groups is 1. The molecule has 0 aliphatic carbocycles. The lowest BCUT2D eigenvalue weighted by Gasteiger charge is -2.06. The molecule has 2 rings (SSSR count). The largest absolute Gasteiger partial charge is 0.481 e. The fourth-order valence-electron chi connectivity index (χ4n) is 1.30. The molecule has 0 aliphatic rings. The fourth-order valence-corrected chi connectivity index (χ4v) is 1.99. The molecule has 0 saturated heterocycles. The molecule has 0 spiro atoms. The third-order valence-electron chi connectivity index (χ3n) is 2.09. The molecule has 0 unspecified atom stereocenters. The Kier molecular flexibility index (Phi) is 3.77. The summed E-state index contributed by atoms with van der Waals surface area (Å²) in [6.07, 6.45) is 3.31. The van der Waals surface area contributed by atoms with Gasteiger partial charge in [0, 0.05) is 12.7 Å². The minimum absolute atomic E-state index is 0.0819. The highest BCUT2D eigenvalue weighted by atomic mass is 32.2. The van der Waals surface area contributed by atoms with Crippen molar-refractivity contribution in [1.82, 2.24) is 29.8 Å². The Morgan fingerprint density at radius 2 is 2.28 bits per heavy atom. The first-order valence-electron chi connectivity index (χ1n) is 5.04. The molecule has 0 saturated carbocycles. The third kappa shape index (κ3) is 2.97. The van der Waals surface area contributed by atoms with Crippen molar-refractivity contribution in [3.8, 4) is 0 Å². The Morgan fingerprint density at radius 3 is 2.94 bits per heavy atom. The maximum atomic E-state index is 10.5. The number of nitrogen functional groups attached to an aromatic ring is 1. The minimum atomic E-state index is -0.913. The van der Waals surface area contributed by atoms with Gasteiger partial charge < -0.3 is 10.8 Å². The third-order valence-corrected chi connectivity index (χ3v) is 3.05. The molecule has 9 nitrogen and oxygen atoms in total. The number of anilines is 1. The predicted octanol–water partition coefficient (Wildman–Crippen LogP) is -0.671. The summed E-state index contributed by atoms with van der Waals surface area (Å²) in [4.78, 5) is 10.5. The summed E-state index contributed by atoms with van der Waals surface area (Å²) in [7, 11) is 0. The van der Waals surface area contributed by atoms with Crippen molar-refractivity contribution in [2.75, 3.05) is 11.5 Å². The second kappa shape index (κ2) is 5.49. The van der Waals surface area contributed by atoms with E-state index in [0.29, 0.717) is 18.2 Å². The monoisotopic (exact) mass is 269 g/mol. The van der Waals surface area contributed by atoms with Gasteiger partial charge in [-0.3, -0.25) is 14.0 Å². The Balaban J connectivity index is 2.02. The van der Waals surface area contributed by atoms with Crippen molar-refractivity contribution in [3.05, 3.63) is 12.4 Å². The Morgan fingerprint density at radius 1 is 1.44 bits per heavy atom. The van der Waals surface area contributed by atoms with E-state index in [0.717, 1.165) is 11.8 Å². The molecule has 18 heavy (non-hydrogen) atoms. The summed E-state index contributed by atoms with van der Waals surface area (Å²) in [5.41, 5.74) is 5.67. The van der Waals surface area contributed by atoms with Crippen LogP contribution >= 0.6 is 11.8 Å². The molecule has 3 N–H and O–H groups in total. The van der Waals surface area contributed by atoms with Crippen LogP contribution in [0.1, 0.15) is 0 Å². The molecule has 10 heteroatoms. The SMILES string of the molecule is Nc1nnc(SCC(=O)O)n1CCn1ccnn1. The highest BCUT2D eigenvalue weighted by Gasteiger charge is 2.11. The molecular weight excluding hydrogens is 258 g/mol. The number of nitrogens with zero attached hydrogens (tertiary/aromatic N) is 6. The van der Waals surface area contributed by atoms with Gasteiger partial charge in [0.25, 0.3) is 0 Å². The normalized spacial score (nSPS) is 10.7. The van der Waals surface area contributed by atoms with Gasteiger partial charge >= 0.3 is 5.97 Å². The van der Waals surface area contributed by atoms with Crippen molar-refractivity contribution in [2.45, 2.75) is 18.2 Å². The first-order chi connectivity index (χ1) is 8.66. The number of hydrogen-bond acceptors (Lipinski definition) is 7. The highest BCUT2D eigenvalue weighted by Crippen LogP contribution is 2.17. The fraction of sp³-hybridized carbons (Fsp3) is 0.375. The van der Waals surface area contributed by atoms with Crippen molar-refractivity contribution >= 4 is 23.7 Å². The summed E-state index contributed by atoms with van der Waals surface area (Å²) in [5, 5.41) is 24.2. The number of nitrogens with two attached hydrogens (primary N) is 1. The predicted molar refractivity (Wildman–Crippen MR) is 62.8 cm³/mol. The molecule has 0 fully saturated rings. The van der Waals surface area contributed by atoms with E-state index in [1.807, 2.05) is 0 Å². The average molecular weight is 269 g/mol. The van der Waals surface area contributed by atoms with Crippen LogP contribution in [0.2, 0.25) is 0 Å². The first-order valence-corrected chi connectivity index (χ1v) is 6.02. The molecule has 0 amide bonds. The number of carboxylic acid groups (broad SMARTS) is 1. The van der Waals surface area contributed by atoms with Gasteiger partial charge in [0.15, 0.2) is 5.16 Å². The molecule has 2 heterocycles. The Bertz CT molecular complexity index is 524. The van der Waals surface area contributed by atoms with Crippen LogP contribution in [0.3, 0.4) is 0 Å². The van der Waals surface area contributed by atoms with Crippen LogP contribution < -0.4 is 5.73 Å². The molecule has 0 radical (unpaired) electrons. The zero-order valence-corrected chi connectivity index (χ0v) is 10.1. The van der Waals surface area contributed by atoms with Gasteiger partial charge in [-0.05, 0) is 0 Å². The topological polar surface area (TPSA) is 125 Å². The van der Waals surface area contributed by atoms with Crippen molar-refractivity contribution in [3.63, 3.8) is 0 Å². The number of aliphatic carboxylic acids is 1. The van der Waals surface area contributed by atoms with E-state index >= 15 is 0 Å². The molecule has 0 aromatic carbocycles. The zero-order chi connectivity index (χ0) is 13.0. The van der Waals surface area contributed by atoms with Gasteiger partial charge in [-0.25, -0.2) is 0 Å². The van der Waals surface area contributed by atoms with Crippen LogP contribution in [0, 0.1) is 0 Å². The van der Waals surface area contributed by atoms with Gasteiger partial charge in [-0.15, -0.1) is 15.3 Å². The number of carboxylic acids is 1. The summed E-state index contributed by atoms with van der Waals surface area (Å²) in [5.74, 6) is -0.742. The number of aromatic nitrogens is 6. The molecule has 2 aromatic rings. The van der Waals surface area contributed by atoms with E-state index in [4.69, 9.17) is 10.8 Å². The summed E-state index contributed by atoms with van der Waals surface area (Å²) in [6, 6.07) is 0. The van der Waals surface area contributed by atoms with Gasteiger partial charge in [0.1, 0.15) is 0 Å². The van der Waals surface area contributed by atoms with E-state index in [-0.39, 0.29) is 11.7 Å². The van der Waals surface area contributed by atoms with Crippen LogP contribution in [0.5, 0.6) is 0 Å². The van der Waals surface area contributed by atoms with E-state index in [1.54, 1.807) is 21.6 Å². The smallest absolute Gasteiger partial charge is 0.313 e. The lowest BCUT2D eigenvalue weighted by atomic mass is 10.6. The van der Waals surface area contributed by atoms with Crippen LogP contribution in [0.15, 0.2) is 17.6 Å². The van der Waals surface area contributed by atoms with Crippen molar-refractivity contribution in [1.29, 1.82) is 0 Å². The molecule has 2 aromatic heterocycles. The number of rotatable bonds is 6. The Labute approximate surface area is 106 Å². The van der Waals surface area contributed by atoms with E-state index in [2.05, 4.69) is 20.5 Å². The molecule has 0 bridgehead atoms. The maximum Gasteiger partial charge on any atom is 0.313 e. The van der Waals surface area contributed by atoms with E-state index < -0.39 is 5.97 Å². The summed E-state index contributed by atoms with van der Waals surface area (Å²) < 4.78 is 3.29. The molecule has 0 aliphatic heterocycles. The van der Waals surface area contributed by atoms with Crippen LogP contribution in [-0.2, 0) is 17.9 Å². The van der Waals surface area contributed by atoms with Gasteiger partial charge in [0.05, 0.1) is 18.5 Å². The summed E-state index contributed by atoms with van der Waals surface area (Å²) >= 11 is 1.08. The van der Waals surface area contributed by atoms with Gasteiger partial charge in [-0.1, -0.05) is 17.0 Å². The summed E-state index contributed by atoms with van der Waals surface area (Å²) in [6.45, 7) is 1.06. The first kappa shape index (κ1) is 12.4. The van der Waals surface area contributed by atoms with E-state index in [9.17, 15) is 4.79 Å². The van der Waals surface area contributed by atoms with Gasteiger partial charge in [-0.2, -0.15) is 0 Å². The quantitative estimate of drug-likeness (QED) is 0.661. The average Bonchev–Trinajstić information content (AvgIpc) is 2.94. The van der Waals surface area contributed by atoms with Crippen molar-refractivity contribution in [2.24, 2.45) is 0 Å². The minimum Gasteiger partial charge on any atom is -0.481 e. The number of hydrogen-bond donors (Lipinski definition) is 2. The zero-order valence-electron chi connectivity index (χ0n) is 9.30. The van der Waals surface area contributed by atoms with Crippen LogP contribution in [0.25, 0.3) is 0 Å². The Hall–Kier alpha value is -2.10. The molecular formula is C8H11N7O2S. The highest BCUT2D eigenvalue weighted by molar-refractivity contribution is 7.99. The maximum absolute atomic E-state index is 10.5. The van der Waals surface area contributed by atoms with Crippen LogP contribution in [-0.4, -0.2) is 46.6 Å². The molecule has 96 valence electrons. The number of carbonyl (C=O) groups is 1. The lowest BCUT2D eigenvalue weighted by Crippen LogP contribution is -2.12.